The number of aliphatic hydroxyl groups excluding tert-OH is 1. The summed E-state index contributed by atoms with van der Waals surface area (Å²) in [6, 6.07) is 3.48. The standard InChI is InChI=1S/C12H18FNO3S/c1-3-7-14(4-2)18(16,17)11-5-6-12(13)10(8-11)9-15/h5-6,8,15H,3-4,7,9H2,1-2H3. The van der Waals surface area contributed by atoms with Crippen LogP contribution in [0, 0.1) is 5.82 Å². The molecule has 0 atom stereocenters. The van der Waals surface area contributed by atoms with Gasteiger partial charge in [-0.25, -0.2) is 12.8 Å². The number of benzene rings is 1. The second-order valence-electron chi connectivity index (χ2n) is 3.91. The van der Waals surface area contributed by atoms with Gasteiger partial charge in [-0.05, 0) is 24.6 Å². The maximum atomic E-state index is 13.2. The Labute approximate surface area is 107 Å². The van der Waals surface area contributed by atoms with E-state index in [0.29, 0.717) is 19.5 Å². The van der Waals surface area contributed by atoms with Crippen molar-refractivity contribution in [3.05, 3.63) is 29.6 Å². The highest BCUT2D eigenvalue weighted by Crippen LogP contribution is 2.19. The third-order valence-electron chi connectivity index (χ3n) is 2.65. The van der Waals surface area contributed by atoms with Crippen LogP contribution in [0.4, 0.5) is 4.39 Å². The Morgan fingerprint density at radius 3 is 2.50 bits per heavy atom. The molecule has 1 aromatic rings. The van der Waals surface area contributed by atoms with Crippen LogP contribution in [-0.2, 0) is 16.6 Å². The molecular formula is C12H18FNO3S. The van der Waals surface area contributed by atoms with Gasteiger partial charge in [0.1, 0.15) is 5.82 Å². The van der Waals surface area contributed by atoms with Gasteiger partial charge < -0.3 is 5.11 Å². The molecule has 0 fully saturated rings. The molecule has 0 aliphatic carbocycles. The van der Waals surface area contributed by atoms with Crippen LogP contribution in [0.5, 0.6) is 0 Å². The van der Waals surface area contributed by atoms with Gasteiger partial charge >= 0.3 is 0 Å². The maximum absolute atomic E-state index is 13.2. The molecule has 1 N–H and O–H groups in total. The van der Waals surface area contributed by atoms with Gasteiger partial charge in [0.25, 0.3) is 0 Å². The lowest BCUT2D eigenvalue weighted by molar-refractivity contribution is 0.275. The Morgan fingerprint density at radius 2 is 2.00 bits per heavy atom. The molecule has 0 saturated carbocycles. The van der Waals surface area contributed by atoms with Crippen molar-refractivity contribution in [3.8, 4) is 0 Å². The van der Waals surface area contributed by atoms with Crippen LogP contribution >= 0.6 is 0 Å². The number of rotatable bonds is 6. The van der Waals surface area contributed by atoms with Crippen LogP contribution in [-0.4, -0.2) is 30.9 Å². The molecule has 6 heteroatoms. The molecule has 0 aliphatic rings. The van der Waals surface area contributed by atoms with Crippen molar-refractivity contribution in [3.63, 3.8) is 0 Å². The van der Waals surface area contributed by atoms with Crippen molar-refractivity contribution in [2.24, 2.45) is 0 Å². The van der Waals surface area contributed by atoms with Gasteiger partial charge in [0.15, 0.2) is 0 Å². The van der Waals surface area contributed by atoms with Crippen LogP contribution < -0.4 is 0 Å². The van der Waals surface area contributed by atoms with Gasteiger partial charge in [0.2, 0.25) is 10.0 Å². The van der Waals surface area contributed by atoms with Gasteiger partial charge in [0.05, 0.1) is 11.5 Å². The summed E-state index contributed by atoms with van der Waals surface area (Å²) in [5.41, 5.74) is -0.0105. The third-order valence-corrected chi connectivity index (χ3v) is 4.62. The molecule has 0 unspecified atom stereocenters. The van der Waals surface area contributed by atoms with Crippen LogP contribution in [0.2, 0.25) is 0 Å². The lowest BCUT2D eigenvalue weighted by atomic mass is 10.2. The fourth-order valence-corrected chi connectivity index (χ4v) is 3.27. The first-order valence-corrected chi connectivity index (χ1v) is 7.30. The minimum Gasteiger partial charge on any atom is -0.392 e. The summed E-state index contributed by atoms with van der Waals surface area (Å²) in [5.74, 6) is -0.602. The molecule has 0 heterocycles. The first kappa shape index (κ1) is 15.1. The summed E-state index contributed by atoms with van der Waals surface area (Å²) in [4.78, 5) is 0.0169. The molecule has 0 saturated heterocycles. The molecule has 0 aromatic heterocycles. The predicted molar refractivity (Wildman–Crippen MR) is 67.0 cm³/mol. The fraction of sp³-hybridized carbons (Fsp3) is 0.500. The fourth-order valence-electron chi connectivity index (χ4n) is 1.68. The van der Waals surface area contributed by atoms with Crippen LogP contribution in [0.25, 0.3) is 0 Å². The van der Waals surface area contributed by atoms with E-state index >= 15 is 0 Å². The Balaban J connectivity index is 3.19. The van der Waals surface area contributed by atoms with Crippen molar-refractivity contribution < 1.29 is 17.9 Å². The average molecular weight is 275 g/mol. The molecule has 0 radical (unpaired) electrons. The van der Waals surface area contributed by atoms with E-state index in [1.54, 1.807) is 6.92 Å². The molecule has 4 nitrogen and oxygen atoms in total. The van der Waals surface area contributed by atoms with Crippen LogP contribution in [0.15, 0.2) is 23.1 Å². The molecule has 18 heavy (non-hydrogen) atoms. The first-order valence-electron chi connectivity index (χ1n) is 5.86. The molecule has 0 spiro atoms. The Kier molecular flexibility index (Phi) is 5.25. The molecule has 1 rings (SSSR count). The zero-order valence-electron chi connectivity index (χ0n) is 10.6. The quantitative estimate of drug-likeness (QED) is 0.860. The predicted octanol–water partition coefficient (Wildman–Crippen LogP) is 1.74. The lowest BCUT2D eigenvalue weighted by Gasteiger charge is -2.20. The molecule has 0 amide bonds. The molecule has 0 bridgehead atoms. The van der Waals surface area contributed by atoms with Gasteiger partial charge in [-0.3, -0.25) is 0 Å². The van der Waals surface area contributed by atoms with E-state index in [1.807, 2.05) is 6.92 Å². The molecule has 0 aliphatic heterocycles. The Morgan fingerprint density at radius 1 is 1.33 bits per heavy atom. The molecule has 1 aromatic carbocycles. The summed E-state index contributed by atoms with van der Waals surface area (Å²) < 4.78 is 39.1. The highest BCUT2D eigenvalue weighted by Gasteiger charge is 2.23. The highest BCUT2D eigenvalue weighted by atomic mass is 32.2. The zero-order valence-corrected chi connectivity index (χ0v) is 11.4. The van der Waals surface area contributed by atoms with E-state index < -0.39 is 22.4 Å². The Hall–Kier alpha value is -0.980. The van der Waals surface area contributed by atoms with E-state index in [9.17, 15) is 12.8 Å². The molecular weight excluding hydrogens is 257 g/mol. The highest BCUT2D eigenvalue weighted by molar-refractivity contribution is 7.89. The Bertz CT molecular complexity index is 502. The summed E-state index contributed by atoms with van der Waals surface area (Å²) in [6.45, 7) is 3.91. The topological polar surface area (TPSA) is 57.6 Å². The largest absolute Gasteiger partial charge is 0.392 e. The van der Waals surface area contributed by atoms with Gasteiger partial charge in [-0.1, -0.05) is 13.8 Å². The van der Waals surface area contributed by atoms with Gasteiger partial charge in [-0.2, -0.15) is 4.31 Å². The third kappa shape index (κ3) is 3.07. The minimum absolute atomic E-state index is 0.0105. The monoisotopic (exact) mass is 275 g/mol. The number of nitrogens with zero attached hydrogens (tertiary/aromatic N) is 1. The summed E-state index contributed by atoms with van der Waals surface area (Å²) >= 11 is 0. The second-order valence-corrected chi connectivity index (χ2v) is 5.85. The van der Waals surface area contributed by atoms with Crippen LogP contribution in [0.1, 0.15) is 25.8 Å². The number of halogens is 1. The number of sulfonamides is 1. The van der Waals surface area contributed by atoms with E-state index in [0.717, 1.165) is 6.07 Å². The van der Waals surface area contributed by atoms with Crippen molar-refractivity contribution in [2.75, 3.05) is 13.1 Å². The number of hydrogen-bond acceptors (Lipinski definition) is 3. The minimum atomic E-state index is -3.61. The van der Waals surface area contributed by atoms with Gasteiger partial charge in [0, 0.05) is 18.7 Å². The summed E-state index contributed by atoms with van der Waals surface area (Å²) in [5, 5.41) is 8.96. The smallest absolute Gasteiger partial charge is 0.243 e. The van der Waals surface area contributed by atoms with Crippen molar-refractivity contribution in [1.82, 2.24) is 4.31 Å². The van der Waals surface area contributed by atoms with Gasteiger partial charge in [-0.15, -0.1) is 0 Å². The lowest BCUT2D eigenvalue weighted by Crippen LogP contribution is -2.31. The molecule has 102 valence electrons. The van der Waals surface area contributed by atoms with E-state index in [4.69, 9.17) is 5.11 Å². The second kappa shape index (κ2) is 6.26. The first-order chi connectivity index (χ1) is 8.47. The van der Waals surface area contributed by atoms with Crippen molar-refractivity contribution in [2.45, 2.75) is 31.8 Å². The van der Waals surface area contributed by atoms with E-state index in [2.05, 4.69) is 0 Å². The SMILES string of the molecule is CCCN(CC)S(=O)(=O)c1ccc(F)c(CO)c1. The maximum Gasteiger partial charge on any atom is 0.243 e. The zero-order chi connectivity index (χ0) is 13.8. The van der Waals surface area contributed by atoms with Crippen molar-refractivity contribution >= 4 is 10.0 Å². The van der Waals surface area contributed by atoms with Crippen LogP contribution in [0.3, 0.4) is 0 Å². The average Bonchev–Trinajstić information content (AvgIpc) is 2.35. The summed E-state index contributed by atoms with van der Waals surface area (Å²) in [6.07, 6.45) is 0.709. The van der Waals surface area contributed by atoms with E-state index in [-0.39, 0.29) is 10.5 Å². The number of hydrogen-bond donors (Lipinski definition) is 1. The van der Waals surface area contributed by atoms with E-state index in [1.165, 1.54) is 16.4 Å². The summed E-state index contributed by atoms with van der Waals surface area (Å²) in [7, 11) is -3.61. The number of aliphatic hydroxyl groups is 1. The normalized spacial score (nSPS) is 12.1. The van der Waals surface area contributed by atoms with Crippen molar-refractivity contribution in [1.29, 1.82) is 0 Å².